The molecular formula is C14H21BrN2O. The number of aromatic nitrogens is 1. The van der Waals surface area contributed by atoms with Gasteiger partial charge in [0.05, 0.1) is 5.56 Å². The lowest BCUT2D eigenvalue weighted by atomic mass is 10.2. The minimum Gasteiger partial charge on any atom is -0.339 e. The van der Waals surface area contributed by atoms with Crippen molar-refractivity contribution in [2.24, 2.45) is 0 Å². The summed E-state index contributed by atoms with van der Waals surface area (Å²) in [4.78, 5) is 18.4. The van der Waals surface area contributed by atoms with Crippen LogP contribution in [0.3, 0.4) is 0 Å². The van der Waals surface area contributed by atoms with Gasteiger partial charge in [-0.15, -0.1) is 0 Å². The fraction of sp³-hybridized carbons (Fsp3) is 0.571. The lowest BCUT2D eigenvalue weighted by Crippen LogP contribution is -2.33. The van der Waals surface area contributed by atoms with Gasteiger partial charge in [0, 0.05) is 19.3 Å². The van der Waals surface area contributed by atoms with Crippen LogP contribution in [0.25, 0.3) is 0 Å². The summed E-state index contributed by atoms with van der Waals surface area (Å²) >= 11 is 3.28. The smallest absolute Gasteiger partial charge is 0.255 e. The van der Waals surface area contributed by atoms with E-state index in [1.807, 2.05) is 17.0 Å². The molecule has 0 bridgehead atoms. The SMILES string of the molecule is CCCCN(CCCC)C(=O)c1ccc(Br)nc1. The predicted octanol–water partition coefficient (Wildman–Crippen LogP) is 3.89. The fourth-order valence-corrected chi connectivity index (χ4v) is 1.93. The van der Waals surface area contributed by atoms with Crippen molar-refractivity contribution in [3.05, 3.63) is 28.5 Å². The van der Waals surface area contributed by atoms with Crippen molar-refractivity contribution in [1.82, 2.24) is 9.88 Å². The Hall–Kier alpha value is -0.900. The van der Waals surface area contributed by atoms with E-state index < -0.39 is 0 Å². The number of halogens is 1. The Kier molecular flexibility index (Phi) is 6.94. The Balaban J connectivity index is 2.70. The van der Waals surface area contributed by atoms with Crippen LogP contribution in [0.2, 0.25) is 0 Å². The van der Waals surface area contributed by atoms with Crippen molar-refractivity contribution in [3.8, 4) is 0 Å². The molecule has 0 aliphatic carbocycles. The van der Waals surface area contributed by atoms with Gasteiger partial charge in [0.1, 0.15) is 4.60 Å². The molecule has 0 fully saturated rings. The van der Waals surface area contributed by atoms with Gasteiger partial charge in [0.25, 0.3) is 5.91 Å². The zero-order valence-electron chi connectivity index (χ0n) is 11.2. The molecular weight excluding hydrogens is 292 g/mol. The summed E-state index contributed by atoms with van der Waals surface area (Å²) in [7, 11) is 0. The fourth-order valence-electron chi connectivity index (χ4n) is 1.70. The Morgan fingerprint density at radius 1 is 1.22 bits per heavy atom. The van der Waals surface area contributed by atoms with Crippen molar-refractivity contribution in [1.29, 1.82) is 0 Å². The molecule has 18 heavy (non-hydrogen) atoms. The topological polar surface area (TPSA) is 33.2 Å². The molecule has 1 amide bonds. The number of pyridine rings is 1. The molecule has 0 aliphatic rings. The second-order valence-electron chi connectivity index (χ2n) is 4.37. The first-order chi connectivity index (χ1) is 8.69. The third-order valence-corrected chi connectivity index (χ3v) is 3.29. The van der Waals surface area contributed by atoms with E-state index in [2.05, 4.69) is 34.8 Å². The molecule has 1 rings (SSSR count). The second kappa shape index (κ2) is 8.25. The molecule has 0 saturated carbocycles. The highest BCUT2D eigenvalue weighted by Crippen LogP contribution is 2.10. The van der Waals surface area contributed by atoms with Crippen molar-refractivity contribution in [2.75, 3.05) is 13.1 Å². The molecule has 3 nitrogen and oxygen atoms in total. The first-order valence-electron chi connectivity index (χ1n) is 6.59. The van der Waals surface area contributed by atoms with Gasteiger partial charge in [-0.2, -0.15) is 0 Å². The second-order valence-corrected chi connectivity index (χ2v) is 5.18. The summed E-state index contributed by atoms with van der Waals surface area (Å²) in [5.41, 5.74) is 0.672. The van der Waals surface area contributed by atoms with Gasteiger partial charge in [-0.3, -0.25) is 4.79 Å². The monoisotopic (exact) mass is 312 g/mol. The number of hydrogen-bond donors (Lipinski definition) is 0. The Labute approximate surface area is 118 Å². The molecule has 0 aliphatic heterocycles. The minimum atomic E-state index is 0.0944. The van der Waals surface area contributed by atoms with Gasteiger partial charge in [-0.25, -0.2) is 4.98 Å². The van der Waals surface area contributed by atoms with Gasteiger partial charge in [0.2, 0.25) is 0 Å². The highest BCUT2D eigenvalue weighted by atomic mass is 79.9. The van der Waals surface area contributed by atoms with E-state index in [4.69, 9.17) is 0 Å². The maximum atomic E-state index is 12.3. The summed E-state index contributed by atoms with van der Waals surface area (Å²) < 4.78 is 0.757. The molecule has 4 heteroatoms. The molecule has 0 saturated heterocycles. The summed E-state index contributed by atoms with van der Waals surface area (Å²) in [6.45, 7) is 5.96. The van der Waals surface area contributed by atoms with Crippen LogP contribution in [0.4, 0.5) is 0 Å². The van der Waals surface area contributed by atoms with Crippen molar-refractivity contribution in [2.45, 2.75) is 39.5 Å². The van der Waals surface area contributed by atoms with Crippen LogP contribution in [-0.4, -0.2) is 28.9 Å². The Morgan fingerprint density at radius 2 is 1.83 bits per heavy atom. The quantitative estimate of drug-likeness (QED) is 0.716. The minimum absolute atomic E-state index is 0.0944. The third-order valence-electron chi connectivity index (χ3n) is 2.82. The van der Waals surface area contributed by atoms with Crippen molar-refractivity contribution < 1.29 is 4.79 Å². The third kappa shape index (κ3) is 4.77. The molecule has 1 aromatic heterocycles. The van der Waals surface area contributed by atoms with Crippen molar-refractivity contribution in [3.63, 3.8) is 0 Å². The van der Waals surface area contributed by atoms with Crippen LogP contribution in [0.1, 0.15) is 49.9 Å². The Bertz CT molecular complexity index is 357. The van der Waals surface area contributed by atoms with Gasteiger partial charge >= 0.3 is 0 Å². The first kappa shape index (κ1) is 15.2. The van der Waals surface area contributed by atoms with Gasteiger partial charge in [-0.1, -0.05) is 26.7 Å². The summed E-state index contributed by atoms with van der Waals surface area (Å²) in [5.74, 6) is 0.0944. The number of carbonyl (C=O) groups is 1. The summed E-state index contributed by atoms with van der Waals surface area (Å²) in [5, 5.41) is 0. The average molecular weight is 313 g/mol. The van der Waals surface area contributed by atoms with E-state index in [-0.39, 0.29) is 5.91 Å². The number of hydrogen-bond acceptors (Lipinski definition) is 2. The zero-order valence-corrected chi connectivity index (χ0v) is 12.7. The van der Waals surface area contributed by atoms with E-state index in [1.165, 1.54) is 0 Å². The number of nitrogens with zero attached hydrogens (tertiary/aromatic N) is 2. The molecule has 1 aromatic rings. The molecule has 0 unspecified atom stereocenters. The van der Waals surface area contributed by atoms with Crippen LogP contribution in [0, 0.1) is 0 Å². The van der Waals surface area contributed by atoms with Crippen LogP contribution in [-0.2, 0) is 0 Å². The highest BCUT2D eigenvalue weighted by molar-refractivity contribution is 9.10. The molecule has 0 aromatic carbocycles. The molecule has 0 atom stereocenters. The summed E-state index contributed by atoms with van der Waals surface area (Å²) in [6, 6.07) is 3.63. The van der Waals surface area contributed by atoms with Crippen LogP contribution in [0.15, 0.2) is 22.9 Å². The maximum Gasteiger partial charge on any atom is 0.255 e. The van der Waals surface area contributed by atoms with Crippen LogP contribution < -0.4 is 0 Å². The van der Waals surface area contributed by atoms with Gasteiger partial charge in [-0.05, 0) is 40.9 Å². The number of carbonyl (C=O) groups excluding carboxylic acids is 1. The molecule has 1 heterocycles. The predicted molar refractivity (Wildman–Crippen MR) is 77.7 cm³/mol. The standard InChI is InChI=1S/C14H21BrN2O/c1-3-5-9-17(10-6-4-2)14(18)12-7-8-13(15)16-11-12/h7-8,11H,3-6,9-10H2,1-2H3. The van der Waals surface area contributed by atoms with E-state index in [0.29, 0.717) is 5.56 Å². The van der Waals surface area contributed by atoms with Gasteiger partial charge in [0.15, 0.2) is 0 Å². The van der Waals surface area contributed by atoms with Crippen LogP contribution >= 0.6 is 15.9 Å². The maximum absolute atomic E-state index is 12.3. The van der Waals surface area contributed by atoms with Crippen molar-refractivity contribution >= 4 is 21.8 Å². The first-order valence-corrected chi connectivity index (χ1v) is 7.39. The van der Waals surface area contributed by atoms with Crippen LogP contribution in [0.5, 0.6) is 0 Å². The highest BCUT2D eigenvalue weighted by Gasteiger charge is 2.14. The number of unbranched alkanes of at least 4 members (excludes halogenated alkanes) is 2. The zero-order chi connectivity index (χ0) is 13.4. The molecule has 0 N–H and O–H groups in total. The van der Waals surface area contributed by atoms with E-state index in [0.717, 1.165) is 43.4 Å². The normalized spacial score (nSPS) is 10.4. The average Bonchev–Trinajstić information content (AvgIpc) is 2.39. The van der Waals surface area contributed by atoms with Gasteiger partial charge < -0.3 is 4.90 Å². The number of amides is 1. The van der Waals surface area contributed by atoms with E-state index >= 15 is 0 Å². The Morgan fingerprint density at radius 3 is 2.28 bits per heavy atom. The van der Waals surface area contributed by atoms with E-state index in [9.17, 15) is 4.79 Å². The largest absolute Gasteiger partial charge is 0.339 e. The molecule has 0 radical (unpaired) electrons. The summed E-state index contributed by atoms with van der Waals surface area (Å²) in [6.07, 6.45) is 5.96. The van der Waals surface area contributed by atoms with E-state index in [1.54, 1.807) is 6.20 Å². The lowest BCUT2D eigenvalue weighted by Gasteiger charge is -2.22. The lowest BCUT2D eigenvalue weighted by molar-refractivity contribution is 0.0750. The number of rotatable bonds is 7. The molecule has 0 spiro atoms. The molecule has 100 valence electrons.